The highest BCUT2D eigenvalue weighted by molar-refractivity contribution is 9.10. The first-order chi connectivity index (χ1) is 17.6. The molecule has 2 aromatic carbocycles. The van der Waals surface area contributed by atoms with E-state index in [1.165, 1.54) is 43.6 Å². The molecule has 0 saturated heterocycles. The Morgan fingerprint density at radius 1 is 0.974 bits per heavy atom. The maximum Gasteiger partial charge on any atom is 0.434 e. The lowest BCUT2D eigenvalue weighted by Gasteiger charge is -2.32. The number of carbonyl (C=O) groups is 2. The van der Waals surface area contributed by atoms with Crippen molar-refractivity contribution in [1.82, 2.24) is 4.98 Å². The van der Waals surface area contributed by atoms with Gasteiger partial charge < -0.3 is 10.6 Å². The first-order valence-corrected chi connectivity index (χ1v) is 11.7. The van der Waals surface area contributed by atoms with E-state index in [9.17, 15) is 35.9 Å². The summed E-state index contributed by atoms with van der Waals surface area (Å²) in [4.78, 5) is 29.0. The minimum absolute atomic E-state index is 0.144. The number of amides is 2. The molecule has 3 aromatic rings. The van der Waals surface area contributed by atoms with E-state index in [1.54, 1.807) is 0 Å². The smallest absolute Gasteiger partial charge is 0.321 e. The van der Waals surface area contributed by atoms with E-state index < -0.39 is 50.5 Å². The molecule has 2 amide bonds. The Bertz CT molecular complexity index is 1350. The average molecular weight is 627 g/mol. The number of nitrogens with one attached hydrogen (secondary N) is 2. The molecule has 0 aliphatic carbocycles. The van der Waals surface area contributed by atoms with Crippen molar-refractivity contribution in [3.05, 3.63) is 87.4 Å². The summed E-state index contributed by atoms with van der Waals surface area (Å²) in [6.45, 7) is 1.41. The van der Waals surface area contributed by atoms with Crippen molar-refractivity contribution >= 4 is 50.7 Å². The third-order valence-electron chi connectivity index (χ3n) is 5.40. The predicted octanol–water partition coefficient (Wildman–Crippen LogP) is 7.61. The van der Waals surface area contributed by atoms with Crippen LogP contribution in [0.2, 0.25) is 0 Å². The second-order valence-corrected chi connectivity index (χ2v) is 9.14. The number of alkyl halides is 7. The molecule has 0 bridgehead atoms. The number of halogens is 9. The molecular weight excluding hydrogens is 611 g/mol. The van der Waals surface area contributed by atoms with Crippen LogP contribution >= 0.6 is 27.5 Å². The summed E-state index contributed by atoms with van der Waals surface area (Å²) < 4.78 is 96.9. The van der Waals surface area contributed by atoms with E-state index in [2.05, 4.69) is 43.1 Å². The van der Waals surface area contributed by atoms with E-state index in [4.69, 9.17) is 0 Å². The van der Waals surface area contributed by atoms with Gasteiger partial charge in [0.25, 0.3) is 11.8 Å². The van der Waals surface area contributed by atoms with E-state index in [-0.39, 0.29) is 28.9 Å². The molecule has 202 valence electrons. The number of hydrogen-bond donors (Lipinski definition) is 2. The first kappa shape index (κ1) is 29.4. The van der Waals surface area contributed by atoms with Crippen molar-refractivity contribution < 1.29 is 40.3 Å². The lowest BCUT2D eigenvalue weighted by atomic mass is 9.92. The molecule has 1 heterocycles. The van der Waals surface area contributed by atoms with Crippen LogP contribution in [0.3, 0.4) is 0 Å². The minimum atomic E-state index is -6.09. The summed E-state index contributed by atoms with van der Waals surface area (Å²) >= 11 is 7.40. The quantitative estimate of drug-likeness (QED) is 0.210. The van der Waals surface area contributed by atoms with Crippen LogP contribution in [0.5, 0.6) is 0 Å². The average Bonchev–Trinajstić information content (AvgIpc) is 2.84. The maximum absolute atomic E-state index is 15.1. The number of hydrogen-bond acceptors (Lipinski definition) is 3. The maximum atomic E-state index is 15.1. The monoisotopic (exact) mass is 625 g/mol. The number of aryl methyl sites for hydroxylation is 1. The molecule has 1 aromatic heterocycles. The summed E-state index contributed by atoms with van der Waals surface area (Å²) in [5.74, 6) is -2.90. The normalized spacial score (nSPS) is 13.5. The Labute approximate surface area is 224 Å². The number of pyridine rings is 1. The van der Waals surface area contributed by atoms with Crippen LogP contribution in [0.1, 0.15) is 38.8 Å². The zero-order valence-electron chi connectivity index (χ0n) is 19.1. The third kappa shape index (κ3) is 5.63. The molecule has 5 nitrogen and oxygen atoms in total. The lowest BCUT2D eigenvalue weighted by Crippen LogP contribution is -2.49. The summed E-state index contributed by atoms with van der Waals surface area (Å²) in [7, 11) is 0. The van der Waals surface area contributed by atoms with Gasteiger partial charge in [-0.05, 0) is 75.9 Å². The van der Waals surface area contributed by atoms with Gasteiger partial charge in [0.1, 0.15) is 0 Å². The van der Waals surface area contributed by atoms with Gasteiger partial charge >= 0.3 is 17.2 Å². The largest absolute Gasteiger partial charge is 0.434 e. The van der Waals surface area contributed by atoms with Gasteiger partial charge in [0, 0.05) is 28.0 Å². The SMILES string of the molecule is CCc1cc(C(F)(C(F)(F)F)C(F)(F)Cl)cc(Br)c1NC(=O)c1cccc(NC(=O)c2ccncc2)c1F. The van der Waals surface area contributed by atoms with Crippen LogP contribution in [-0.4, -0.2) is 28.4 Å². The molecular formula is C24H16BrClF7N3O2. The number of carbonyl (C=O) groups excluding carboxylic acids is 2. The highest BCUT2D eigenvalue weighted by Gasteiger charge is 2.72. The van der Waals surface area contributed by atoms with Gasteiger partial charge in [0.15, 0.2) is 5.82 Å². The molecule has 0 radical (unpaired) electrons. The van der Waals surface area contributed by atoms with Crippen LogP contribution < -0.4 is 10.6 Å². The summed E-state index contributed by atoms with van der Waals surface area (Å²) in [5.41, 5.74) is -7.88. The number of anilines is 2. The number of nitrogens with zero attached hydrogens (tertiary/aromatic N) is 1. The van der Waals surface area contributed by atoms with E-state index >= 15 is 4.39 Å². The van der Waals surface area contributed by atoms with Gasteiger partial charge in [-0.2, -0.15) is 22.0 Å². The van der Waals surface area contributed by atoms with Crippen molar-refractivity contribution in [3.63, 3.8) is 0 Å². The van der Waals surface area contributed by atoms with Crippen LogP contribution in [0.25, 0.3) is 0 Å². The second-order valence-electron chi connectivity index (χ2n) is 7.81. The Morgan fingerprint density at radius 3 is 2.16 bits per heavy atom. The van der Waals surface area contributed by atoms with Crippen LogP contribution in [0, 0.1) is 5.82 Å². The number of aromatic nitrogens is 1. The molecule has 14 heteroatoms. The Kier molecular flexibility index (Phi) is 8.42. The molecule has 0 fully saturated rings. The Morgan fingerprint density at radius 2 is 1.61 bits per heavy atom. The van der Waals surface area contributed by atoms with Crippen molar-refractivity contribution in [1.29, 1.82) is 0 Å². The van der Waals surface area contributed by atoms with Gasteiger partial charge in [-0.25, -0.2) is 8.78 Å². The van der Waals surface area contributed by atoms with Crippen molar-refractivity contribution in [2.24, 2.45) is 0 Å². The fourth-order valence-electron chi connectivity index (χ4n) is 3.45. The molecule has 0 spiro atoms. The van der Waals surface area contributed by atoms with Gasteiger partial charge in [-0.3, -0.25) is 14.6 Å². The van der Waals surface area contributed by atoms with Crippen LogP contribution in [0.4, 0.5) is 42.1 Å². The van der Waals surface area contributed by atoms with E-state index in [1.807, 2.05) is 0 Å². The fourth-order valence-corrected chi connectivity index (χ4v) is 4.27. The molecule has 38 heavy (non-hydrogen) atoms. The van der Waals surface area contributed by atoms with E-state index in [0.717, 1.165) is 6.07 Å². The van der Waals surface area contributed by atoms with Gasteiger partial charge in [-0.15, -0.1) is 0 Å². The zero-order valence-corrected chi connectivity index (χ0v) is 21.4. The Balaban J connectivity index is 1.96. The summed E-state index contributed by atoms with van der Waals surface area (Å²) in [5, 5.41) is -0.763. The Hall–Kier alpha value is -3.19. The minimum Gasteiger partial charge on any atom is -0.321 e. The number of rotatable bonds is 7. The molecule has 1 unspecified atom stereocenters. The van der Waals surface area contributed by atoms with Crippen molar-refractivity contribution in [2.45, 2.75) is 30.6 Å². The lowest BCUT2D eigenvalue weighted by molar-refractivity contribution is -0.286. The molecule has 0 aliphatic rings. The van der Waals surface area contributed by atoms with Crippen molar-refractivity contribution in [3.8, 4) is 0 Å². The first-order valence-electron chi connectivity index (χ1n) is 10.6. The summed E-state index contributed by atoms with van der Waals surface area (Å²) in [6, 6.07) is 7.18. The van der Waals surface area contributed by atoms with Crippen LogP contribution in [0.15, 0.2) is 59.3 Å². The topological polar surface area (TPSA) is 71.1 Å². The second kappa shape index (κ2) is 10.9. The van der Waals surface area contributed by atoms with Gasteiger partial charge in [0.05, 0.1) is 16.9 Å². The standard InChI is InChI=1S/C24H16BrClF7N3O2/c1-2-12-10-14(22(28,23(26,29)30)24(31,32)33)11-16(25)19(12)36-21(38)15-4-3-5-17(18(15)27)35-20(37)13-6-8-34-9-7-13/h3-11H,2H2,1H3,(H,35,37)(H,36,38). The molecule has 2 N–H and O–H groups in total. The van der Waals surface area contributed by atoms with Gasteiger partial charge in [-0.1, -0.05) is 13.0 Å². The highest BCUT2D eigenvalue weighted by atomic mass is 79.9. The van der Waals surface area contributed by atoms with Crippen molar-refractivity contribution in [2.75, 3.05) is 10.6 Å². The van der Waals surface area contributed by atoms with Gasteiger partial charge in [0.2, 0.25) is 0 Å². The van der Waals surface area contributed by atoms with E-state index in [0.29, 0.717) is 12.1 Å². The molecule has 3 rings (SSSR count). The zero-order chi connectivity index (χ0) is 28.5. The predicted molar refractivity (Wildman–Crippen MR) is 130 cm³/mol. The molecule has 1 atom stereocenters. The molecule has 0 saturated carbocycles. The third-order valence-corrected chi connectivity index (χ3v) is 6.29. The van der Waals surface area contributed by atoms with Crippen LogP contribution in [-0.2, 0) is 12.1 Å². The summed E-state index contributed by atoms with van der Waals surface area (Å²) in [6.07, 6.45) is -3.54. The number of benzene rings is 2. The molecule has 0 aliphatic heterocycles. The fraction of sp³-hybridized carbons (Fsp3) is 0.208. The highest BCUT2D eigenvalue weighted by Crippen LogP contribution is 2.55.